The molecule has 1 saturated carbocycles. The van der Waals surface area contributed by atoms with Gasteiger partial charge in [-0.2, -0.15) is 4.37 Å². The molecule has 5 heteroatoms. The summed E-state index contributed by atoms with van der Waals surface area (Å²) in [7, 11) is 0. The van der Waals surface area contributed by atoms with E-state index < -0.39 is 0 Å². The Labute approximate surface area is 112 Å². The molecule has 2 rings (SSSR count). The largest absolute Gasteiger partial charge is 0.343 e. The van der Waals surface area contributed by atoms with Gasteiger partial charge in [0.25, 0.3) is 0 Å². The van der Waals surface area contributed by atoms with Gasteiger partial charge in [-0.05, 0) is 12.8 Å². The average molecular weight is 274 g/mol. The van der Waals surface area contributed by atoms with Gasteiger partial charge in [-0.3, -0.25) is 0 Å². The molecule has 0 radical (unpaired) electrons. The zero-order valence-corrected chi connectivity index (χ0v) is 12.1. The van der Waals surface area contributed by atoms with Gasteiger partial charge in [-0.25, -0.2) is 4.98 Å². The molecule has 1 aromatic rings. The van der Waals surface area contributed by atoms with Crippen LogP contribution < -0.4 is 4.90 Å². The van der Waals surface area contributed by atoms with Gasteiger partial charge in [0.1, 0.15) is 5.82 Å². The van der Waals surface area contributed by atoms with Crippen molar-refractivity contribution in [3.05, 3.63) is 5.82 Å². The van der Waals surface area contributed by atoms with Crippen molar-refractivity contribution in [3.63, 3.8) is 0 Å². The fourth-order valence-electron chi connectivity index (χ4n) is 2.32. The van der Waals surface area contributed by atoms with E-state index in [4.69, 9.17) is 11.6 Å². The molecule has 0 N–H and O–H groups in total. The maximum atomic E-state index is 5.91. The summed E-state index contributed by atoms with van der Waals surface area (Å²) in [6, 6.07) is 0.627. The number of nitrogens with zero attached hydrogens (tertiary/aromatic N) is 3. The third-order valence-electron chi connectivity index (χ3n) is 3.28. The second-order valence-electron chi connectivity index (χ2n) is 4.91. The number of aromatic nitrogens is 2. The van der Waals surface area contributed by atoms with Crippen LogP contribution in [0.2, 0.25) is 0 Å². The summed E-state index contributed by atoms with van der Waals surface area (Å²) in [4.78, 5) is 7.01. The SMILES string of the molecule is CC(C)c1nsc(N(CCCl)C2CCCC2)n1. The van der Waals surface area contributed by atoms with Crippen LogP contribution in [0.15, 0.2) is 0 Å². The Morgan fingerprint density at radius 1 is 1.41 bits per heavy atom. The highest BCUT2D eigenvalue weighted by molar-refractivity contribution is 7.09. The predicted molar refractivity (Wildman–Crippen MR) is 74.3 cm³/mol. The van der Waals surface area contributed by atoms with Gasteiger partial charge < -0.3 is 4.90 Å². The fourth-order valence-corrected chi connectivity index (χ4v) is 3.41. The Morgan fingerprint density at radius 3 is 2.65 bits per heavy atom. The number of halogens is 1. The monoisotopic (exact) mass is 273 g/mol. The standard InChI is InChI=1S/C12H20ClN3S/c1-9(2)11-14-12(17-15-11)16(8-7-13)10-5-3-4-6-10/h9-10H,3-8H2,1-2H3. The molecule has 17 heavy (non-hydrogen) atoms. The lowest BCUT2D eigenvalue weighted by Gasteiger charge is -2.27. The van der Waals surface area contributed by atoms with E-state index in [0.29, 0.717) is 17.8 Å². The Hall–Kier alpha value is -0.350. The smallest absolute Gasteiger partial charge is 0.205 e. The molecule has 96 valence electrons. The van der Waals surface area contributed by atoms with Gasteiger partial charge in [0.15, 0.2) is 0 Å². The first-order valence-corrected chi connectivity index (χ1v) is 7.69. The molecule has 3 nitrogen and oxygen atoms in total. The zero-order chi connectivity index (χ0) is 12.3. The molecule has 0 unspecified atom stereocenters. The first kappa shape index (κ1) is 13.1. The minimum atomic E-state index is 0.404. The van der Waals surface area contributed by atoms with Gasteiger partial charge >= 0.3 is 0 Å². The van der Waals surface area contributed by atoms with Crippen LogP contribution >= 0.6 is 23.1 Å². The molecule has 0 saturated heterocycles. The van der Waals surface area contributed by atoms with Gasteiger partial charge in [-0.1, -0.05) is 26.7 Å². The van der Waals surface area contributed by atoms with E-state index in [2.05, 4.69) is 28.1 Å². The lowest BCUT2D eigenvalue weighted by molar-refractivity contribution is 0.618. The first-order valence-electron chi connectivity index (χ1n) is 6.38. The number of anilines is 1. The molecule has 0 aromatic carbocycles. The summed E-state index contributed by atoms with van der Waals surface area (Å²) in [5.74, 6) is 2.02. The Balaban J connectivity index is 2.13. The highest BCUT2D eigenvalue weighted by Gasteiger charge is 2.25. The van der Waals surface area contributed by atoms with E-state index in [1.54, 1.807) is 0 Å². The molecule has 1 aliphatic carbocycles. The quantitative estimate of drug-likeness (QED) is 0.767. The van der Waals surface area contributed by atoms with E-state index in [0.717, 1.165) is 17.5 Å². The van der Waals surface area contributed by atoms with Crippen LogP contribution in [0, 0.1) is 0 Å². The summed E-state index contributed by atoms with van der Waals surface area (Å²) in [5.41, 5.74) is 0. The van der Waals surface area contributed by atoms with Crippen LogP contribution in [-0.4, -0.2) is 27.8 Å². The normalized spacial score (nSPS) is 16.9. The lowest BCUT2D eigenvalue weighted by atomic mass is 10.2. The van der Waals surface area contributed by atoms with E-state index >= 15 is 0 Å². The molecule has 0 bridgehead atoms. The van der Waals surface area contributed by atoms with Crippen LogP contribution in [0.5, 0.6) is 0 Å². The number of alkyl halides is 1. The highest BCUT2D eigenvalue weighted by atomic mass is 35.5. The van der Waals surface area contributed by atoms with Crippen LogP contribution in [0.3, 0.4) is 0 Å². The maximum absolute atomic E-state index is 5.91. The summed E-state index contributed by atoms with van der Waals surface area (Å²) in [6.45, 7) is 5.15. The van der Waals surface area contributed by atoms with E-state index in [1.165, 1.54) is 37.2 Å². The first-order chi connectivity index (χ1) is 8.22. The molecule has 1 fully saturated rings. The molecule has 0 spiro atoms. The molecule has 1 heterocycles. The zero-order valence-electron chi connectivity index (χ0n) is 10.5. The molecule has 0 atom stereocenters. The average Bonchev–Trinajstić information content (AvgIpc) is 2.97. The van der Waals surface area contributed by atoms with Crippen LogP contribution in [0.1, 0.15) is 51.3 Å². The van der Waals surface area contributed by atoms with Crippen LogP contribution in [0.4, 0.5) is 5.13 Å². The van der Waals surface area contributed by atoms with Crippen LogP contribution in [0.25, 0.3) is 0 Å². The van der Waals surface area contributed by atoms with Crippen molar-refractivity contribution in [1.29, 1.82) is 0 Å². The third kappa shape index (κ3) is 3.10. The van der Waals surface area contributed by atoms with Gasteiger partial charge in [0.2, 0.25) is 5.13 Å². The third-order valence-corrected chi connectivity index (χ3v) is 4.22. The van der Waals surface area contributed by atoms with Crippen molar-refractivity contribution < 1.29 is 0 Å². The second kappa shape index (κ2) is 6.01. The highest BCUT2D eigenvalue weighted by Crippen LogP contribution is 2.30. The van der Waals surface area contributed by atoms with Gasteiger partial charge in [-0.15, -0.1) is 11.6 Å². The van der Waals surface area contributed by atoms with E-state index in [1.807, 2.05) is 0 Å². The van der Waals surface area contributed by atoms with Crippen molar-refractivity contribution >= 4 is 28.3 Å². The van der Waals surface area contributed by atoms with Gasteiger partial charge in [0, 0.05) is 35.9 Å². The van der Waals surface area contributed by atoms with Crippen LogP contribution in [-0.2, 0) is 0 Å². The van der Waals surface area contributed by atoms with Crippen molar-refractivity contribution in [2.24, 2.45) is 0 Å². The Bertz CT molecular complexity index is 347. The Morgan fingerprint density at radius 2 is 2.12 bits per heavy atom. The lowest BCUT2D eigenvalue weighted by Crippen LogP contribution is -2.34. The van der Waals surface area contributed by atoms with E-state index in [-0.39, 0.29) is 0 Å². The Kier molecular flexibility index (Phi) is 4.62. The fraction of sp³-hybridized carbons (Fsp3) is 0.833. The molecule has 1 aromatic heterocycles. The number of rotatable bonds is 5. The summed E-state index contributed by atoms with van der Waals surface area (Å²) >= 11 is 7.43. The number of hydrogen-bond donors (Lipinski definition) is 0. The number of hydrogen-bond acceptors (Lipinski definition) is 4. The molecule has 0 aliphatic heterocycles. The topological polar surface area (TPSA) is 29.0 Å². The summed E-state index contributed by atoms with van der Waals surface area (Å²) in [6.07, 6.45) is 5.21. The molecular formula is C12H20ClN3S. The predicted octanol–water partition coefficient (Wildman–Crippen LogP) is 3.65. The van der Waals surface area contributed by atoms with Crippen molar-refractivity contribution in [3.8, 4) is 0 Å². The molecule has 1 aliphatic rings. The van der Waals surface area contributed by atoms with Crippen molar-refractivity contribution in [1.82, 2.24) is 9.36 Å². The summed E-state index contributed by atoms with van der Waals surface area (Å²) in [5, 5.41) is 1.06. The molecular weight excluding hydrogens is 254 g/mol. The van der Waals surface area contributed by atoms with E-state index in [9.17, 15) is 0 Å². The molecule has 0 amide bonds. The second-order valence-corrected chi connectivity index (χ2v) is 6.02. The summed E-state index contributed by atoms with van der Waals surface area (Å²) < 4.78 is 4.44. The minimum absolute atomic E-state index is 0.404. The van der Waals surface area contributed by atoms with Crippen molar-refractivity contribution in [2.45, 2.75) is 51.5 Å². The van der Waals surface area contributed by atoms with Crippen molar-refractivity contribution in [2.75, 3.05) is 17.3 Å². The van der Waals surface area contributed by atoms with Gasteiger partial charge in [0.05, 0.1) is 0 Å². The minimum Gasteiger partial charge on any atom is -0.343 e. The maximum Gasteiger partial charge on any atom is 0.205 e.